The summed E-state index contributed by atoms with van der Waals surface area (Å²) in [6.07, 6.45) is -1.65. The summed E-state index contributed by atoms with van der Waals surface area (Å²) in [4.78, 5) is 45.6. The molecule has 2 unspecified atom stereocenters. The molecule has 0 fully saturated rings. The van der Waals surface area contributed by atoms with Crippen molar-refractivity contribution in [2.24, 2.45) is 11.5 Å². The molecule has 0 heterocycles. The molecule has 150 valence electrons. The largest absolute Gasteiger partial charge is 0.480 e. The minimum atomic E-state index is -1.55. The van der Waals surface area contributed by atoms with Crippen LogP contribution in [0.2, 0.25) is 0 Å². The summed E-state index contributed by atoms with van der Waals surface area (Å²) >= 11 is 0. The molecule has 0 rings (SSSR count). The van der Waals surface area contributed by atoms with Gasteiger partial charge in [0, 0.05) is 20.0 Å². The third-order valence-corrected chi connectivity index (χ3v) is 3.15. The molecule has 0 aromatic carbocycles. The Morgan fingerprint density at radius 2 is 1.77 bits per heavy atom. The summed E-state index contributed by atoms with van der Waals surface area (Å²) < 4.78 is 0. The lowest BCUT2D eigenvalue weighted by molar-refractivity contribution is -0.141. The second kappa shape index (κ2) is 11.2. The summed E-state index contributed by atoms with van der Waals surface area (Å²) in [5, 5.41) is 32.7. The first-order valence-electron chi connectivity index (χ1n) is 7.62. The van der Waals surface area contributed by atoms with Gasteiger partial charge in [-0.05, 0) is 6.92 Å². The number of amides is 4. The maximum atomic E-state index is 11.9. The molecule has 0 aliphatic heterocycles. The lowest BCUT2D eigenvalue weighted by Crippen LogP contribution is -2.57. The third kappa shape index (κ3) is 9.12. The molecule has 13 nitrogen and oxygen atoms in total. The van der Waals surface area contributed by atoms with E-state index in [1.807, 2.05) is 0 Å². The molecule has 4 atom stereocenters. The Labute approximate surface area is 149 Å². The third-order valence-electron chi connectivity index (χ3n) is 3.15. The number of likely N-dealkylation sites (N-methyl/N-ethyl adjacent to an activating group) is 1. The number of aliphatic hydroxyl groups is 2. The summed E-state index contributed by atoms with van der Waals surface area (Å²) in [5.74, 6) is -2.87. The zero-order valence-electron chi connectivity index (χ0n) is 14.5. The second-order valence-corrected chi connectivity index (χ2v) is 5.69. The van der Waals surface area contributed by atoms with Gasteiger partial charge in [-0.15, -0.1) is 0 Å². The number of hydrogen-bond donors (Lipinski definition) is 8. The van der Waals surface area contributed by atoms with E-state index in [0.717, 1.165) is 0 Å². The molecule has 0 bridgehead atoms. The van der Waals surface area contributed by atoms with E-state index in [-0.39, 0.29) is 13.0 Å². The quantitative estimate of drug-likeness (QED) is 0.162. The number of urea groups is 1. The number of hydrazine groups is 1. The van der Waals surface area contributed by atoms with E-state index in [1.54, 1.807) is 0 Å². The molecule has 0 aromatic rings. The van der Waals surface area contributed by atoms with Crippen LogP contribution in [0.25, 0.3) is 0 Å². The predicted molar refractivity (Wildman–Crippen MR) is 88.2 cm³/mol. The van der Waals surface area contributed by atoms with E-state index in [0.29, 0.717) is 0 Å². The first kappa shape index (κ1) is 23.5. The van der Waals surface area contributed by atoms with Gasteiger partial charge in [-0.3, -0.25) is 15.0 Å². The zero-order valence-corrected chi connectivity index (χ0v) is 14.5. The van der Waals surface area contributed by atoms with E-state index in [1.165, 1.54) is 19.0 Å². The summed E-state index contributed by atoms with van der Waals surface area (Å²) in [6.45, 7) is 0.543. The van der Waals surface area contributed by atoms with Crippen LogP contribution in [0.4, 0.5) is 4.79 Å². The van der Waals surface area contributed by atoms with Crippen LogP contribution >= 0.6 is 0 Å². The van der Waals surface area contributed by atoms with Crippen LogP contribution in [0.3, 0.4) is 0 Å². The average Bonchev–Trinajstić information content (AvgIpc) is 2.49. The minimum absolute atomic E-state index is 0.0767. The monoisotopic (exact) mass is 378 g/mol. The molecule has 4 amide bonds. The number of nitrogens with one attached hydrogen (secondary N) is 3. The highest BCUT2D eigenvalue weighted by Crippen LogP contribution is 1.97. The SMILES string of the molecule is CC(O)[C@H](NC(=O)NC(CC(N)=O)CN(C)NC(=O)[C@@H](N)CO)C(=O)O. The number of primary amides is 1. The Balaban J connectivity index is 4.83. The van der Waals surface area contributed by atoms with Gasteiger partial charge in [0.2, 0.25) is 5.91 Å². The number of hydrogen-bond acceptors (Lipinski definition) is 8. The molecule has 0 aromatic heterocycles. The van der Waals surface area contributed by atoms with Crippen LogP contribution in [0.5, 0.6) is 0 Å². The molecule has 0 spiro atoms. The highest BCUT2D eigenvalue weighted by atomic mass is 16.4. The Morgan fingerprint density at radius 3 is 2.19 bits per heavy atom. The number of carbonyl (C=O) groups excluding carboxylic acids is 3. The topological polar surface area (TPSA) is 220 Å². The van der Waals surface area contributed by atoms with E-state index in [4.69, 9.17) is 21.7 Å². The maximum absolute atomic E-state index is 11.9. The van der Waals surface area contributed by atoms with Gasteiger partial charge in [-0.2, -0.15) is 0 Å². The van der Waals surface area contributed by atoms with Gasteiger partial charge in [0.1, 0.15) is 6.04 Å². The maximum Gasteiger partial charge on any atom is 0.328 e. The van der Waals surface area contributed by atoms with Crippen molar-refractivity contribution < 1.29 is 34.5 Å². The van der Waals surface area contributed by atoms with Gasteiger partial charge in [0.05, 0.1) is 18.8 Å². The van der Waals surface area contributed by atoms with Gasteiger partial charge in [0.25, 0.3) is 5.91 Å². The normalized spacial score (nSPS) is 15.5. The van der Waals surface area contributed by atoms with Crippen molar-refractivity contribution in [1.82, 2.24) is 21.1 Å². The van der Waals surface area contributed by atoms with Crippen molar-refractivity contribution in [2.45, 2.75) is 37.6 Å². The summed E-state index contributed by atoms with van der Waals surface area (Å²) in [5.41, 5.74) is 12.8. The average molecular weight is 378 g/mol. The Morgan fingerprint density at radius 1 is 1.19 bits per heavy atom. The molecule has 26 heavy (non-hydrogen) atoms. The zero-order chi connectivity index (χ0) is 20.4. The summed E-state index contributed by atoms with van der Waals surface area (Å²) in [7, 11) is 1.42. The molecule has 0 radical (unpaired) electrons. The molecule has 0 aliphatic rings. The molecule has 0 aliphatic carbocycles. The lowest BCUT2D eigenvalue weighted by Gasteiger charge is -2.26. The van der Waals surface area contributed by atoms with Crippen LogP contribution in [0.15, 0.2) is 0 Å². The van der Waals surface area contributed by atoms with Gasteiger partial charge in [-0.25, -0.2) is 14.6 Å². The number of rotatable bonds is 11. The first-order valence-corrected chi connectivity index (χ1v) is 7.62. The fraction of sp³-hybridized carbons (Fsp3) is 0.692. The molecule has 0 saturated heterocycles. The number of carbonyl (C=O) groups is 4. The number of aliphatic hydroxyl groups excluding tert-OH is 2. The minimum Gasteiger partial charge on any atom is -0.480 e. The fourth-order valence-electron chi connectivity index (χ4n) is 1.89. The van der Waals surface area contributed by atoms with Gasteiger partial charge in [0.15, 0.2) is 6.04 Å². The highest BCUT2D eigenvalue weighted by Gasteiger charge is 2.26. The van der Waals surface area contributed by atoms with Crippen LogP contribution in [0.1, 0.15) is 13.3 Å². The highest BCUT2D eigenvalue weighted by molar-refractivity contribution is 5.84. The van der Waals surface area contributed by atoms with E-state index >= 15 is 0 Å². The van der Waals surface area contributed by atoms with Gasteiger partial charge < -0.3 is 37.4 Å². The Hall–Kier alpha value is -2.48. The van der Waals surface area contributed by atoms with Gasteiger partial charge in [-0.1, -0.05) is 0 Å². The van der Waals surface area contributed by atoms with E-state index in [2.05, 4.69) is 16.1 Å². The lowest BCUT2D eigenvalue weighted by atomic mass is 10.2. The number of carboxylic acid groups (broad SMARTS) is 1. The number of carboxylic acids is 1. The van der Waals surface area contributed by atoms with E-state index < -0.39 is 54.7 Å². The molecule has 13 heteroatoms. The van der Waals surface area contributed by atoms with Gasteiger partial charge >= 0.3 is 12.0 Å². The van der Waals surface area contributed by atoms with Crippen molar-refractivity contribution >= 4 is 23.8 Å². The smallest absolute Gasteiger partial charge is 0.328 e. The molecule has 10 N–H and O–H groups in total. The van der Waals surface area contributed by atoms with Crippen molar-refractivity contribution in [1.29, 1.82) is 0 Å². The summed E-state index contributed by atoms with van der Waals surface area (Å²) in [6, 6.07) is -4.53. The van der Waals surface area contributed by atoms with Crippen LogP contribution in [0, 0.1) is 0 Å². The van der Waals surface area contributed by atoms with Crippen molar-refractivity contribution in [2.75, 3.05) is 20.2 Å². The van der Waals surface area contributed by atoms with Crippen LogP contribution in [-0.4, -0.2) is 88.6 Å². The van der Waals surface area contributed by atoms with Crippen molar-refractivity contribution in [3.05, 3.63) is 0 Å². The van der Waals surface area contributed by atoms with Crippen molar-refractivity contribution in [3.8, 4) is 0 Å². The number of nitrogens with two attached hydrogens (primary N) is 2. The molecule has 0 saturated carbocycles. The molecular weight excluding hydrogens is 352 g/mol. The molecular formula is C13H26N6O7. The van der Waals surface area contributed by atoms with E-state index in [9.17, 15) is 24.3 Å². The van der Waals surface area contributed by atoms with Crippen molar-refractivity contribution in [3.63, 3.8) is 0 Å². The predicted octanol–water partition coefficient (Wildman–Crippen LogP) is -4.35. The number of nitrogens with zero attached hydrogens (tertiary/aromatic N) is 1. The fourth-order valence-corrected chi connectivity index (χ4v) is 1.89. The van der Waals surface area contributed by atoms with Crippen LogP contribution < -0.4 is 27.5 Å². The second-order valence-electron chi connectivity index (χ2n) is 5.69. The Bertz CT molecular complexity index is 515. The first-order chi connectivity index (χ1) is 12.0. The number of aliphatic carboxylic acids is 1. The standard InChI is InChI=1S/C13H26N6O7/c1-6(21)10(12(24)25)17-13(26)16-7(3-9(15)22)4-19(2)18-11(23)8(14)5-20/h6-8,10,20-21H,3-5,14H2,1-2H3,(H2,15,22)(H,18,23)(H,24,25)(H2,16,17,26)/t6?,7?,8-,10-/m0/s1. The van der Waals surface area contributed by atoms with Crippen LogP contribution in [-0.2, 0) is 14.4 Å². The Kier molecular flexibility index (Phi) is 10.1.